The molecule has 3 atom stereocenters. The zero-order valence-corrected chi connectivity index (χ0v) is 14.1. The van der Waals surface area contributed by atoms with Gasteiger partial charge in [0, 0.05) is 42.0 Å². The summed E-state index contributed by atoms with van der Waals surface area (Å²) < 4.78 is 0. The van der Waals surface area contributed by atoms with Crippen molar-refractivity contribution in [3.05, 3.63) is 35.5 Å². The fourth-order valence-corrected chi connectivity index (χ4v) is 5.31. The molecule has 1 aliphatic heterocycles. The van der Waals surface area contributed by atoms with Crippen molar-refractivity contribution in [1.82, 2.24) is 9.88 Å². The Morgan fingerprint density at radius 2 is 2.30 bits per heavy atom. The third-order valence-electron chi connectivity index (χ3n) is 6.15. The number of benzene rings is 1. The molecule has 2 aromatic rings. The molecule has 1 aromatic carbocycles. The molecule has 1 saturated heterocycles. The van der Waals surface area contributed by atoms with Crippen LogP contribution in [0.2, 0.25) is 0 Å². The van der Waals surface area contributed by atoms with E-state index < -0.39 is 0 Å². The summed E-state index contributed by atoms with van der Waals surface area (Å²) >= 11 is 0. The molecule has 23 heavy (non-hydrogen) atoms. The molecule has 3 heteroatoms. The van der Waals surface area contributed by atoms with Crippen LogP contribution < -0.4 is 0 Å². The van der Waals surface area contributed by atoms with Crippen LogP contribution in [0.25, 0.3) is 10.9 Å². The second kappa shape index (κ2) is 5.39. The maximum atomic E-state index is 9.40. The van der Waals surface area contributed by atoms with Gasteiger partial charge in [0.1, 0.15) is 0 Å². The lowest BCUT2D eigenvalue weighted by atomic mass is 9.64. The quantitative estimate of drug-likeness (QED) is 0.923. The third-order valence-corrected chi connectivity index (χ3v) is 6.15. The van der Waals surface area contributed by atoms with Gasteiger partial charge in [-0.25, -0.2) is 0 Å². The van der Waals surface area contributed by atoms with Crippen LogP contribution >= 0.6 is 0 Å². The highest BCUT2D eigenvalue weighted by Gasteiger charge is 2.45. The molecular weight excluding hydrogens is 282 g/mol. The minimum Gasteiger partial charge on any atom is -0.361 e. The number of aromatic nitrogens is 1. The van der Waals surface area contributed by atoms with E-state index in [1.165, 1.54) is 22.0 Å². The van der Waals surface area contributed by atoms with Gasteiger partial charge in [-0.15, -0.1) is 0 Å². The van der Waals surface area contributed by atoms with Crippen LogP contribution in [0, 0.1) is 16.7 Å². The molecule has 1 aliphatic carbocycles. The van der Waals surface area contributed by atoms with Crippen molar-refractivity contribution >= 4 is 10.9 Å². The largest absolute Gasteiger partial charge is 0.361 e. The van der Waals surface area contributed by atoms with Crippen LogP contribution in [0.5, 0.6) is 0 Å². The van der Waals surface area contributed by atoms with Gasteiger partial charge in [-0.3, -0.25) is 0 Å². The Balaban J connectivity index is 1.80. The van der Waals surface area contributed by atoms with Crippen molar-refractivity contribution in [2.75, 3.05) is 13.6 Å². The van der Waals surface area contributed by atoms with E-state index in [9.17, 15) is 5.26 Å². The van der Waals surface area contributed by atoms with Crippen molar-refractivity contribution in [3.8, 4) is 6.07 Å². The van der Waals surface area contributed by atoms with Gasteiger partial charge < -0.3 is 9.88 Å². The number of hydrogen-bond acceptors (Lipinski definition) is 2. The number of fused-ring (bicyclic) bond motifs is 2. The van der Waals surface area contributed by atoms with Gasteiger partial charge in [0.15, 0.2) is 0 Å². The summed E-state index contributed by atoms with van der Waals surface area (Å²) in [7, 11) is 2.26. The lowest BCUT2D eigenvalue weighted by molar-refractivity contribution is 0.0375. The number of hydrogen-bond donors (Lipinski definition) is 1. The number of piperidine rings is 1. The number of nitriles is 1. The fraction of sp³-hybridized carbons (Fsp3) is 0.550. The first-order valence-corrected chi connectivity index (χ1v) is 8.83. The lowest BCUT2D eigenvalue weighted by Crippen LogP contribution is -2.52. The smallest absolute Gasteiger partial charge is 0.0628 e. The van der Waals surface area contributed by atoms with E-state index in [0.29, 0.717) is 18.4 Å². The summed E-state index contributed by atoms with van der Waals surface area (Å²) in [6.07, 6.45) is 7.49. The Morgan fingerprint density at radius 3 is 3.09 bits per heavy atom. The predicted octanol–water partition coefficient (Wildman–Crippen LogP) is 4.21. The van der Waals surface area contributed by atoms with Crippen molar-refractivity contribution in [2.45, 2.75) is 51.0 Å². The monoisotopic (exact) mass is 307 g/mol. The molecule has 3 nitrogen and oxygen atoms in total. The molecule has 1 N–H and O–H groups in total. The van der Waals surface area contributed by atoms with E-state index in [0.717, 1.165) is 32.2 Å². The number of nitrogens with one attached hydrogen (secondary N) is 1. The first-order chi connectivity index (χ1) is 11.2. The second-order valence-corrected chi connectivity index (χ2v) is 7.67. The van der Waals surface area contributed by atoms with Crippen LogP contribution in [0.15, 0.2) is 24.4 Å². The van der Waals surface area contributed by atoms with Gasteiger partial charge in [-0.2, -0.15) is 5.26 Å². The highest BCUT2D eigenvalue weighted by Crippen LogP contribution is 2.50. The Morgan fingerprint density at radius 1 is 1.43 bits per heavy atom. The SMILES string of the molecule is CCC[C@]1(CC#N)C[C@@H]2c3cccc4[nH]cc(c34)C[C@H]2N(C)C1. The lowest BCUT2D eigenvalue weighted by Gasteiger charge is -2.51. The van der Waals surface area contributed by atoms with Crippen LogP contribution in [0.3, 0.4) is 0 Å². The van der Waals surface area contributed by atoms with Gasteiger partial charge in [0.05, 0.1) is 6.07 Å². The first kappa shape index (κ1) is 14.8. The normalized spacial score (nSPS) is 30.1. The highest BCUT2D eigenvalue weighted by molar-refractivity contribution is 5.88. The first-order valence-electron chi connectivity index (χ1n) is 8.83. The summed E-state index contributed by atoms with van der Waals surface area (Å²) in [5, 5.41) is 10.8. The molecule has 2 aliphatic rings. The minimum absolute atomic E-state index is 0.162. The van der Waals surface area contributed by atoms with Crippen molar-refractivity contribution in [2.24, 2.45) is 5.41 Å². The second-order valence-electron chi connectivity index (χ2n) is 7.67. The summed E-state index contributed by atoms with van der Waals surface area (Å²) in [4.78, 5) is 5.98. The Labute approximate surface area is 138 Å². The molecule has 0 spiro atoms. The number of aromatic amines is 1. The van der Waals surface area contributed by atoms with Gasteiger partial charge in [0.25, 0.3) is 0 Å². The van der Waals surface area contributed by atoms with Gasteiger partial charge >= 0.3 is 0 Å². The molecule has 1 fully saturated rings. The van der Waals surface area contributed by atoms with Crippen molar-refractivity contribution < 1.29 is 0 Å². The summed E-state index contributed by atoms with van der Waals surface area (Å²) in [5.41, 5.74) is 4.40. The molecule has 0 unspecified atom stereocenters. The summed E-state index contributed by atoms with van der Waals surface area (Å²) in [5.74, 6) is 0.556. The number of rotatable bonds is 3. The van der Waals surface area contributed by atoms with E-state index in [4.69, 9.17) is 0 Å². The van der Waals surface area contributed by atoms with E-state index in [1.54, 1.807) is 0 Å². The van der Waals surface area contributed by atoms with Gasteiger partial charge in [-0.1, -0.05) is 25.5 Å². The maximum Gasteiger partial charge on any atom is 0.0628 e. The fourth-order valence-electron chi connectivity index (χ4n) is 5.31. The van der Waals surface area contributed by atoms with E-state index in [2.05, 4.69) is 54.3 Å². The van der Waals surface area contributed by atoms with Gasteiger partial charge in [0.2, 0.25) is 0 Å². The van der Waals surface area contributed by atoms with E-state index in [1.807, 2.05) is 0 Å². The van der Waals surface area contributed by atoms with Crippen LogP contribution in [0.1, 0.15) is 49.7 Å². The predicted molar refractivity (Wildman–Crippen MR) is 93.3 cm³/mol. The summed E-state index contributed by atoms with van der Waals surface area (Å²) in [6, 6.07) is 9.75. The number of H-pyrrole nitrogens is 1. The van der Waals surface area contributed by atoms with Crippen LogP contribution in [-0.2, 0) is 6.42 Å². The molecule has 2 heterocycles. The molecule has 1 aromatic heterocycles. The molecule has 4 rings (SSSR count). The van der Waals surface area contributed by atoms with Crippen LogP contribution in [0.4, 0.5) is 0 Å². The zero-order chi connectivity index (χ0) is 16.0. The maximum absolute atomic E-state index is 9.40. The van der Waals surface area contributed by atoms with Crippen LogP contribution in [-0.4, -0.2) is 29.5 Å². The van der Waals surface area contributed by atoms with Crippen molar-refractivity contribution in [3.63, 3.8) is 0 Å². The Bertz CT molecular complexity index is 769. The van der Waals surface area contributed by atoms with E-state index in [-0.39, 0.29) is 5.41 Å². The molecule has 120 valence electrons. The molecule has 0 amide bonds. The van der Waals surface area contributed by atoms with Crippen molar-refractivity contribution in [1.29, 1.82) is 5.26 Å². The number of likely N-dealkylation sites (N-methyl/N-ethyl adjacent to an activating group) is 1. The molecule has 0 saturated carbocycles. The molecule has 0 bridgehead atoms. The number of nitrogens with zero attached hydrogens (tertiary/aromatic N) is 2. The topological polar surface area (TPSA) is 42.8 Å². The highest BCUT2D eigenvalue weighted by atomic mass is 15.2. The van der Waals surface area contributed by atoms with Gasteiger partial charge in [-0.05, 0) is 48.9 Å². The third kappa shape index (κ3) is 2.20. The minimum atomic E-state index is 0.162. The average molecular weight is 307 g/mol. The van der Waals surface area contributed by atoms with E-state index >= 15 is 0 Å². The number of likely N-dealkylation sites (tertiary alicyclic amines) is 1. The Kier molecular flexibility index (Phi) is 3.46. The zero-order valence-electron chi connectivity index (χ0n) is 14.1. The molecule has 0 radical (unpaired) electrons. The average Bonchev–Trinajstić information content (AvgIpc) is 2.94. The molecular formula is C20H25N3. The summed E-state index contributed by atoms with van der Waals surface area (Å²) in [6.45, 7) is 3.31. The standard InChI is InChI=1S/C20H25N3/c1-3-7-20(8-9-21)11-16-15-5-4-6-17-19(15)14(12-22-17)10-18(16)23(2)13-20/h4-6,12,16,18,22H,3,7-8,10-11,13H2,1-2H3/t16-,18-,20+/m1/s1. The Hall–Kier alpha value is -1.79.